The third kappa shape index (κ3) is 6.79. The highest BCUT2D eigenvalue weighted by Gasteiger charge is 2.19. The molecule has 3 rings (SSSR count). The average molecular weight is 462 g/mol. The van der Waals surface area contributed by atoms with Crippen molar-refractivity contribution in [1.82, 2.24) is 14.8 Å². The molecule has 0 N–H and O–H groups in total. The molecule has 0 bridgehead atoms. The van der Waals surface area contributed by atoms with Crippen molar-refractivity contribution in [2.45, 2.75) is 45.4 Å². The third-order valence-corrected chi connectivity index (χ3v) is 5.64. The van der Waals surface area contributed by atoms with Crippen molar-refractivity contribution in [3.63, 3.8) is 0 Å². The minimum absolute atomic E-state index is 0.173. The molecule has 0 fully saturated rings. The summed E-state index contributed by atoms with van der Waals surface area (Å²) in [6.07, 6.45) is 3.53. The van der Waals surface area contributed by atoms with E-state index in [1.165, 1.54) is 6.33 Å². The van der Waals surface area contributed by atoms with Crippen LogP contribution >= 0.6 is 23.2 Å². The maximum absolute atomic E-state index is 12.1. The van der Waals surface area contributed by atoms with Gasteiger partial charge in [-0.05, 0) is 43.4 Å². The minimum Gasteiger partial charge on any atom is -0.460 e. The number of rotatable bonds is 11. The Kier molecular flexibility index (Phi) is 8.88. The average Bonchev–Trinajstić information content (AvgIpc) is 3.24. The summed E-state index contributed by atoms with van der Waals surface area (Å²) in [7, 11) is 0. The molecule has 31 heavy (non-hydrogen) atoms. The zero-order chi connectivity index (χ0) is 22.1. The number of aryl methyl sites for hydroxylation is 1. The summed E-state index contributed by atoms with van der Waals surface area (Å²) in [6, 6.07) is 15.6. The molecule has 6 nitrogen and oxygen atoms in total. The molecular weight excluding hydrogens is 437 g/mol. The molecule has 1 heterocycles. The first-order valence-electron chi connectivity index (χ1n) is 10.2. The second-order valence-corrected chi connectivity index (χ2v) is 7.80. The largest absolute Gasteiger partial charge is 0.460 e. The monoisotopic (exact) mass is 461 g/mol. The fraction of sp³-hybridized carbons (Fsp3) is 0.348. The second-order valence-electron chi connectivity index (χ2n) is 7.01. The van der Waals surface area contributed by atoms with E-state index in [0.717, 1.165) is 30.4 Å². The van der Waals surface area contributed by atoms with Crippen LogP contribution in [0.25, 0.3) is 0 Å². The van der Waals surface area contributed by atoms with E-state index >= 15 is 0 Å². The lowest BCUT2D eigenvalue weighted by atomic mass is 10.1. The van der Waals surface area contributed by atoms with Crippen LogP contribution in [0.1, 0.15) is 41.5 Å². The molecule has 0 unspecified atom stereocenters. The summed E-state index contributed by atoms with van der Waals surface area (Å²) >= 11 is 12.4. The number of hydrogen-bond acceptors (Lipinski definition) is 5. The Labute approximate surface area is 192 Å². The third-order valence-electron chi connectivity index (χ3n) is 4.78. The first-order chi connectivity index (χ1) is 15.1. The van der Waals surface area contributed by atoms with E-state index in [4.69, 9.17) is 32.7 Å². The zero-order valence-corrected chi connectivity index (χ0v) is 18.9. The van der Waals surface area contributed by atoms with Crippen LogP contribution in [0.3, 0.4) is 0 Å². The van der Waals surface area contributed by atoms with E-state index in [2.05, 4.69) is 10.1 Å². The number of ether oxygens (including phenoxy) is 2. The summed E-state index contributed by atoms with van der Waals surface area (Å²) in [5.41, 5.74) is 2.08. The summed E-state index contributed by atoms with van der Waals surface area (Å²) < 4.78 is 12.8. The van der Waals surface area contributed by atoms with E-state index < -0.39 is 5.97 Å². The molecule has 0 saturated carbocycles. The number of halogens is 2. The number of hydrogen-bond donors (Lipinski definition) is 0. The van der Waals surface area contributed by atoms with Crippen LogP contribution in [0.4, 0.5) is 0 Å². The van der Waals surface area contributed by atoms with Gasteiger partial charge in [0.1, 0.15) is 6.33 Å². The molecule has 164 valence electrons. The Hall–Kier alpha value is -2.41. The van der Waals surface area contributed by atoms with Crippen LogP contribution in [0, 0.1) is 0 Å². The highest BCUT2D eigenvalue weighted by atomic mass is 35.5. The molecule has 0 aliphatic rings. The van der Waals surface area contributed by atoms with Crippen LogP contribution in [-0.2, 0) is 29.0 Å². The summed E-state index contributed by atoms with van der Waals surface area (Å²) in [5, 5.41) is 5.34. The quantitative estimate of drug-likeness (QED) is 0.359. The molecule has 0 aliphatic heterocycles. The molecule has 8 heteroatoms. The van der Waals surface area contributed by atoms with Gasteiger partial charge in [0.05, 0.1) is 35.9 Å². The van der Waals surface area contributed by atoms with Crippen LogP contribution in [0.5, 0.6) is 0 Å². The van der Waals surface area contributed by atoms with E-state index in [1.54, 1.807) is 17.7 Å². The molecular formula is C23H25Cl2N3O3. The Morgan fingerprint density at radius 1 is 1.13 bits per heavy atom. The van der Waals surface area contributed by atoms with Crippen molar-refractivity contribution in [3.05, 3.63) is 81.9 Å². The molecule has 0 aliphatic carbocycles. The van der Waals surface area contributed by atoms with Crippen molar-refractivity contribution in [2.75, 3.05) is 6.61 Å². The van der Waals surface area contributed by atoms with Crippen molar-refractivity contribution in [1.29, 1.82) is 0 Å². The van der Waals surface area contributed by atoms with Gasteiger partial charge in [0.25, 0.3) is 0 Å². The number of carbonyl (C=O) groups is 1. The molecule has 0 radical (unpaired) electrons. The number of esters is 1. The van der Waals surface area contributed by atoms with E-state index in [9.17, 15) is 4.79 Å². The number of carbonyl (C=O) groups excluding carboxylic acids is 1. The van der Waals surface area contributed by atoms with Gasteiger partial charge < -0.3 is 9.47 Å². The maximum Gasteiger partial charge on any atom is 0.376 e. The highest BCUT2D eigenvalue weighted by Crippen LogP contribution is 2.27. The van der Waals surface area contributed by atoms with Crippen molar-refractivity contribution in [2.24, 2.45) is 0 Å². The molecule has 1 atom stereocenters. The van der Waals surface area contributed by atoms with Gasteiger partial charge in [0, 0.05) is 0 Å². The smallest absolute Gasteiger partial charge is 0.376 e. The second kappa shape index (κ2) is 11.8. The zero-order valence-electron chi connectivity index (χ0n) is 17.3. The first-order valence-corrected chi connectivity index (χ1v) is 11.0. The normalized spacial score (nSPS) is 12.0. The van der Waals surface area contributed by atoms with Crippen LogP contribution in [0.2, 0.25) is 10.0 Å². The van der Waals surface area contributed by atoms with Gasteiger partial charge in [0.15, 0.2) is 0 Å². The van der Waals surface area contributed by atoms with Gasteiger partial charge in [0.2, 0.25) is 5.82 Å². The Balaban J connectivity index is 1.66. The molecule has 0 amide bonds. The lowest BCUT2D eigenvalue weighted by Gasteiger charge is -2.19. The van der Waals surface area contributed by atoms with E-state index in [-0.39, 0.29) is 18.5 Å². The van der Waals surface area contributed by atoms with E-state index in [1.807, 2.05) is 42.5 Å². The Morgan fingerprint density at radius 2 is 1.94 bits per heavy atom. The molecule has 0 spiro atoms. The van der Waals surface area contributed by atoms with Crippen LogP contribution < -0.4 is 0 Å². The number of benzene rings is 2. The van der Waals surface area contributed by atoms with Gasteiger partial charge in [-0.2, -0.15) is 5.10 Å². The topological polar surface area (TPSA) is 66.2 Å². The SMILES string of the molecule is CCOC(=O)c1ncnn1C[C@H](CCCc1cccc(Cl)c1Cl)OCc1ccccc1. The van der Waals surface area contributed by atoms with Crippen LogP contribution in [0.15, 0.2) is 54.9 Å². The van der Waals surface area contributed by atoms with Crippen molar-refractivity contribution >= 4 is 29.2 Å². The number of nitrogens with zero attached hydrogens (tertiary/aromatic N) is 3. The first kappa shape index (κ1) is 23.3. The molecule has 1 aromatic heterocycles. The van der Waals surface area contributed by atoms with Gasteiger partial charge >= 0.3 is 5.97 Å². The van der Waals surface area contributed by atoms with Gasteiger partial charge in [-0.15, -0.1) is 0 Å². The maximum atomic E-state index is 12.1. The highest BCUT2D eigenvalue weighted by molar-refractivity contribution is 6.42. The van der Waals surface area contributed by atoms with Gasteiger partial charge in [-0.25, -0.2) is 14.5 Å². The molecule has 2 aromatic carbocycles. The fourth-order valence-electron chi connectivity index (χ4n) is 3.22. The standard InChI is InChI=1S/C23H25Cl2N3O3/c1-2-30-23(29)22-26-16-27-28(22)14-19(31-15-17-8-4-3-5-9-17)12-6-10-18-11-7-13-20(24)21(18)25/h3-5,7-9,11,13,16,19H,2,6,10,12,14-15H2,1H3/t19-/m0/s1. The summed E-state index contributed by atoms with van der Waals surface area (Å²) in [5.74, 6) is -0.319. The predicted octanol–water partition coefficient (Wildman–Crippen LogP) is 5.37. The molecule has 3 aromatic rings. The minimum atomic E-state index is -0.493. The fourth-order valence-corrected chi connectivity index (χ4v) is 3.64. The Morgan fingerprint density at radius 3 is 2.71 bits per heavy atom. The number of aromatic nitrogens is 3. The molecule has 0 saturated heterocycles. The van der Waals surface area contributed by atoms with Crippen molar-refractivity contribution < 1.29 is 14.3 Å². The summed E-state index contributed by atoms with van der Waals surface area (Å²) in [4.78, 5) is 16.2. The predicted molar refractivity (Wildman–Crippen MR) is 120 cm³/mol. The lowest BCUT2D eigenvalue weighted by molar-refractivity contribution is 0.0186. The lowest BCUT2D eigenvalue weighted by Crippen LogP contribution is -2.24. The van der Waals surface area contributed by atoms with Gasteiger partial charge in [-0.3, -0.25) is 0 Å². The Bertz CT molecular complexity index is 979. The summed E-state index contributed by atoms with van der Waals surface area (Å²) in [6.45, 7) is 2.89. The van der Waals surface area contributed by atoms with Crippen molar-refractivity contribution in [3.8, 4) is 0 Å². The van der Waals surface area contributed by atoms with Gasteiger partial charge in [-0.1, -0.05) is 65.7 Å². The van der Waals surface area contributed by atoms with E-state index in [0.29, 0.717) is 23.2 Å². The van der Waals surface area contributed by atoms with Crippen LogP contribution in [-0.4, -0.2) is 33.4 Å².